The van der Waals surface area contributed by atoms with Gasteiger partial charge in [-0.05, 0) is 45.9 Å². The lowest BCUT2D eigenvalue weighted by Gasteiger charge is -2.23. The number of nitro groups is 1. The number of amides is 1. The minimum atomic E-state index is -0.703. The second-order valence-electron chi connectivity index (χ2n) is 7.61. The fourth-order valence-electron chi connectivity index (χ4n) is 2.93. The largest absolute Gasteiger partial charge is 0.464 e. The first kappa shape index (κ1) is 21.7. The maximum atomic E-state index is 12.5. The van der Waals surface area contributed by atoms with Gasteiger partial charge in [-0.3, -0.25) is 14.9 Å². The second kappa shape index (κ2) is 8.38. The predicted octanol–water partition coefficient (Wildman–Crippen LogP) is 3.24. The van der Waals surface area contributed by atoms with E-state index in [9.17, 15) is 14.9 Å². The molecule has 3 aromatic rings. The van der Waals surface area contributed by atoms with Crippen molar-refractivity contribution in [3.8, 4) is 17.3 Å². The normalized spacial score (nSPS) is 11.2. The van der Waals surface area contributed by atoms with Crippen molar-refractivity contribution >= 4 is 23.2 Å². The van der Waals surface area contributed by atoms with Crippen molar-refractivity contribution in [2.45, 2.75) is 33.2 Å². The highest BCUT2D eigenvalue weighted by molar-refractivity contribution is 6.04. The minimum absolute atomic E-state index is 0.0672. The number of carbonyl (C=O) groups is 1. The molecule has 0 saturated heterocycles. The SMILES string of the molecule is CCOc1nccc(Nc2c(C(N)=O)c(-c3ccc([N+](=O)[O-])cc3)nn2C(C)(C)C)n1. The monoisotopic (exact) mass is 425 g/mol. The third-order valence-corrected chi connectivity index (χ3v) is 4.27. The number of nitrogens with two attached hydrogens (primary N) is 1. The molecule has 2 aromatic heterocycles. The first-order valence-electron chi connectivity index (χ1n) is 9.52. The van der Waals surface area contributed by atoms with Crippen molar-refractivity contribution < 1.29 is 14.5 Å². The Morgan fingerprint density at radius 3 is 2.48 bits per heavy atom. The Morgan fingerprint density at radius 1 is 1.26 bits per heavy atom. The minimum Gasteiger partial charge on any atom is -0.464 e. The van der Waals surface area contributed by atoms with Crippen LogP contribution in [0.1, 0.15) is 38.1 Å². The first-order valence-corrected chi connectivity index (χ1v) is 9.52. The summed E-state index contributed by atoms with van der Waals surface area (Å²) < 4.78 is 6.96. The molecule has 1 aromatic carbocycles. The van der Waals surface area contributed by atoms with E-state index in [0.29, 0.717) is 29.5 Å². The summed E-state index contributed by atoms with van der Waals surface area (Å²) in [5, 5.41) is 18.7. The maximum Gasteiger partial charge on any atom is 0.318 e. The van der Waals surface area contributed by atoms with E-state index in [0.717, 1.165) is 0 Å². The van der Waals surface area contributed by atoms with Crippen LogP contribution in [0.25, 0.3) is 11.3 Å². The number of nitrogens with one attached hydrogen (secondary N) is 1. The van der Waals surface area contributed by atoms with E-state index in [2.05, 4.69) is 20.4 Å². The zero-order valence-corrected chi connectivity index (χ0v) is 17.6. The van der Waals surface area contributed by atoms with Crippen molar-refractivity contribution in [1.29, 1.82) is 0 Å². The number of rotatable bonds is 7. The molecule has 0 unspecified atom stereocenters. The molecule has 0 aliphatic carbocycles. The van der Waals surface area contributed by atoms with Gasteiger partial charge in [-0.15, -0.1) is 0 Å². The molecule has 2 heterocycles. The Kier molecular flexibility index (Phi) is 5.86. The van der Waals surface area contributed by atoms with E-state index in [1.54, 1.807) is 10.7 Å². The van der Waals surface area contributed by atoms with Crippen LogP contribution in [-0.2, 0) is 5.54 Å². The van der Waals surface area contributed by atoms with Crippen LogP contribution in [0, 0.1) is 10.1 Å². The molecular weight excluding hydrogens is 402 g/mol. The number of hydrogen-bond acceptors (Lipinski definition) is 8. The van der Waals surface area contributed by atoms with Crippen LogP contribution in [0.3, 0.4) is 0 Å². The molecule has 0 saturated carbocycles. The fraction of sp³-hybridized carbons (Fsp3) is 0.300. The van der Waals surface area contributed by atoms with Crippen molar-refractivity contribution in [1.82, 2.24) is 19.7 Å². The van der Waals surface area contributed by atoms with Gasteiger partial charge in [-0.2, -0.15) is 10.1 Å². The van der Waals surface area contributed by atoms with Gasteiger partial charge in [0.25, 0.3) is 11.6 Å². The Balaban J connectivity index is 2.16. The van der Waals surface area contributed by atoms with Crippen LogP contribution in [-0.4, -0.2) is 37.2 Å². The summed E-state index contributed by atoms with van der Waals surface area (Å²) in [7, 11) is 0. The highest BCUT2D eigenvalue weighted by Gasteiger charge is 2.29. The molecule has 1 amide bonds. The molecular formula is C20H23N7O4. The zero-order valence-electron chi connectivity index (χ0n) is 17.6. The lowest BCUT2D eigenvalue weighted by molar-refractivity contribution is -0.384. The molecule has 162 valence electrons. The summed E-state index contributed by atoms with van der Waals surface area (Å²) >= 11 is 0. The van der Waals surface area contributed by atoms with E-state index >= 15 is 0 Å². The summed E-state index contributed by atoms with van der Waals surface area (Å²) in [5.41, 5.74) is 6.09. The Bertz CT molecular complexity index is 1120. The Hall–Kier alpha value is -4.02. The van der Waals surface area contributed by atoms with E-state index in [-0.39, 0.29) is 17.3 Å². The molecule has 11 heteroatoms. The molecule has 31 heavy (non-hydrogen) atoms. The van der Waals surface area contributed by atoms with E-state index in [4.69, 9.17) is 10.5 Å². The number of nitrogens with zero attached hydrogens (tertiary/aromatic N) is 5. The number of anilines is 2. The summed E-state index contributed by atoms with van der Waals surface area (Å²) in [6.07, 6.45) is 1.53. The molecule has 11 nitrogen and oxygen atoms in total. The molecule has 3 rings (SSSR count). The van der Waals surface area contributed by atoms with Crippen LogP contribution in [0.2, 0.25) is 0 Å². The lowest BCUT2D eigenvalue weighted by Crippen LogP contribution is -2.25. The van der Waals surface area contributed by atoms with E-state index in [1.165, 1.54) is 30.5 Å². The van der Waals surface area contributed by atoms with Crippen LogP contribution < -0.4 is 15.8 Å². The molecule has 0 spiro atoms. The van der Waals surface area contributed by atoms with Gasteiger partial charge in [0.1, 0.15) is 22.9 Å². The van der Waals surface area contributed by atoms with Crippen LogP contribution in [0.5, 0.6) is 6.01 Å². The van der Waals surface area contributed by atoms with Crippen molar-refractivity contribution in [3.63, 3.8) is 0 Å². The van der Waals surface area contributed by atoms with Crippen molar-refractivity contribution in [2.75, 3.05) is 11.9 Å². The number of primary amides is 1. The number of carbonyl (C=O) groups excluding carboxylic acids is 1. The standard InChI is InChI=1S/C20H23N7O4/c1-5-31-19-22-11-10-14(24-19)23-18-15(17(21)28)16(25-26(18)20(2,3)4)12-6-8-13(9-7-12)27(29)30/h6-11H,5H2,1-4H3,(H2,21,28)(H,22,23,24). The number of benzene rings is 1. The Morgan fingerprint density at radius 2 is 1.94 bits per heavy atom. The van der Waals surface area contributed by atoms with Crippen LogP contribution >= 0.6 is 0 Å². The van der Waals surface area contributed by atoms with Gasteiger partial charge < -0.3 is 15.8 Å². The molecule has 0 bridgehead atoms. The topological polar surface area (TPSA) is 151 Å². The van der Waals surface area contributed by atoms with Gasteiger partial charge in [0.15, 0.2) is 0 Å². The fourth-order valence-corrected chi connectivity index (χ4v) is 2.93. The molecule has 0 fully saturated rings. The summed E-state index contributed by atoms with van der Waals surface area (Å²) in [5.74, 6) is 0.0292. The first-order chi connectivity index (χ1) is 14.6. The number of ether oxygens (including phenoxy) is 1. The number of non-ortho nitro benzene ring substituents is 1. The maximum absolute atomic E-state index is 12.5. The average molecular weight is 425 g/mol. The van der Waals surface area contributed by atoms with Crippen LogP contribution in [0.4, 0.5) is 17.3 Å². The van der Waals surface area contributed by atoms with Crippen LogP contribution in [0.15, 0.2) is 36.5 Å². The molecule has 0 aliphatic heterocycles. The summed E-state index contributed by atoms with van der Waals surface area (Å²) in [4.78, 5) is 31.2. The van der Waals surface area contributed by atoms with E-state index in [1.807, 2.05) is 27.7 Å². The van der Waals surface area contributed by atoms with Gasteiger partial charge in [0.05, 0.1) is 17.1 Å². The second-order valence-corrected chi connectivity index (χ2v) is 7.61. The summed E-state index contributed by atoms with van der Waals surface area (Å²) in [6.45, 7) is 7.98. The Labute approximate surface area is 178 Å². The lowest BCUT2D eigenvalue weighted by atomic mass is 10.1. The predicted molar refractivity (Wildman–Crippen MR) is 114 cm³/mol. The molecule has 3 N–H and O–H groups in total. The van der Waals surface area contributed by atoms with Gasteiger partial charge in [0.2, 0.25) is 0 Å². The third-order valence-electron chi connectivity index (χ3n) is 4.27. The smallest absolute Gasteiger partial charge is 0.318 e. The third kappa shape index (κ3) is 4.60. The van der Waals surface area contributed by atoms with Gasteiger partial charge in [-0.1, -0.05) is 0 Å². The van der Waals surface area contributed by atoms with Gasteiger partial charge >= 0.3 is 6.01 Å². The van der Waals surface area contributed by atoms with Gasteiger partial charge in [-0.25, -0.2) is 9.67 Å². The highest BCUT2D eigenvalue weighted by Crippen LogP contribution is 2.34. The van der Waals surface area contributed by atoms with E-state index < -0.39 is 16.4 Å². The summed E-state index contributed by atoms with van der Waals surface area (Å²) in [6, 6.07) is 7.57. The number of aromatic nitrogens is 4. The zero-order chi connectivity index (χ0) is 22.8. The van der Waals surface area contributed by atoms with Gasteiger partial charge in [0, 0.05) is 23.9 Å². The quantitative estimate of drug-likeness (QED) is 0.432. The molecule has 0 radical (unpaired) electrons. The number of nitro benzene ring substituents is 1. The van der Waals surface area contributed by atoms with Crippen molar-refractivity contribution in [2.24, 2.45) is 5.73 Å². The average Bonchev–Trinajstić information content (AvgIpc) is 3.08. The highest BCUT2D eigenvalue weighted by atomic mass is 16.6. The van der Waals surface area contributed by atoms with Crippen molar-refractivity contribution in [3.05, 3.63) is 52.2 Å². The molecule has 0 atom stereocenters. The molecule has 0 aliphatic rings. The number of hydrogen-bond donors (Lipinski definition) is 2.